The van der Waals surface area contributed by atoms with Crippen molar-refractivity contribution < 1.29 is 4.74 Å². The van der Waals surface area contributed by atoms with E-state index in [0.717, 1.165) is 23.4 Å². The first kappa shape index (κ1) is 15.4. The van der Waals surface area contributed by atoms with Crippen molar-refractivity contribution >= 4 is 11.6 Å². The van der Waals surface area contributed by atoms with Crippen LogP contribution in [0.15, 0.2) is 18.2 Å². The van der Waals surface area contributed by atoms with Gasteiger partial charge in [-0.15, -0.1) is 0 Å². The Hall–Kier alpha value is -0.610. The molecule has 0 aliphatic heterocycles. The van der Waals surface area contributed by atoms with Crippen LogP contribution in [0.4, 0.5) is 0 Å². The SMILES string of the molecule is COC(C)(C)CCC(NN)c1ccc(Cl)cc1C. The van der Waals surface area contributed by atoms with Crippen LogP contribution in [-0.2, 0) is 4.74 Å². The van der Waals surface area contributed by atoms with Gasteiger partial charge < -0.3 is 4.74 Å². The van der Waals surface area contributed by atoms with Crippen LogP contribution in [0.5, 0.6) is 0 Å². The van der Waals surface area contributed by atoms with Gasteiger partial charge in [0.25, 0.3) is 0 Å². The number of methoxy groups -OCH3 is 1. The molecule has 0 radical (unpaired) electrons. The summed E-state index contributed by atoms with van der Waals surface area (Å²) in [6.45, 7) is 6.21. The molecule has 0 saturated carbocycles. The molecule has 4 heteroatoms. The zero-order valence-corrected chi connectivity index (χ0v) is 12.3. The Morgan fingerprint density at radius 1 is 1.44 bits per heavy atom. The van der Waals surface area contributed by atoms with Crippen LogP contribution in [0.1, 0.15) is 43.9 Å². The van der Waals surface area contributed by atoms with Crippen molar-refractivity contribution in [1.82, 2.24) is 5.43 Å². The molecule has 1 aromatic carbocycles. The topological polar surface area (TPSA) is 47.3 Å². The maximum Gasteiger partial charge on any atom is 0.0623 e. The predicted molar refractivity (Wildman–Crippen MR) is 76.6 cm³/mol. The zero-order chi connectivity index (χ0) is 13.8. The number of rotatable bonds is 6. The molecule has 0 amide bonds. The molecule has 0 aliphatic rings. The summed E-state index contributed by atoms with van der Waals surface area (Å²) < 4.78 is 5.43. The van der Waals surface area contributed by atoms with Gasteiger partial charge in [0.15, 0.2) is 0 Å². The number of nitrogens with two attached hydrogens (primary N) is 1. The van der Waals surface area contributed by atoms with Gasteiger partial charge in [-0.05, 0) is 56.9 Å². The van der Waals surface area contributed by atoms with Gasteiger partial charge in [0.1, 0.15) is 0 Å². The molecule has 1 atom stereocenters. The summed E-state index contributed by atoms with van der Waals surface area (Å²) in [7, 11) is 1.73. The van der Waals surface area contributed by atoms with Crippen LogP contribution in [0.2, 0.25) is 5.02 Å². The summed E-state index contributed by atoms with van der Waals surface area (Å²) in [5.74, 6) is 5.66. The lowest BCUT2D eigenvalue weighted by molar-refractivity contribution is 0.0116. The van der Waals surface area contributed by atoms with E-state index in [0.29, 0.717) is 0 Å². The monoisotopic (exact) mass is 270 g/mol. The molecule has 0 heterocycles. The lowest BCUT2D eigenvalue weighted by Gasteiger charge is -2.26. The fraction of sp³-hybridized carbons (Fsp3) is 0.571. The van der Waals surface area contributed by atoms with Crippen molar-refractivity contribution in [1.29, 1.82) is 0 Å². The van der Waals surface area contributed by atoms with E-state index in [2.05, 4.69) is 19.3 Å². The van der Waals surface area contributed by atoms with Gasteiger partial charge in [-0.3, -0.25) is 11.3 Å². The van der Waals surface area contributed by atoms with E-state index in [4.69, 9.17) is 22.2 Å². The number of aryl methyl sites for hydroxylation is 1. The molecular weight excluding hydrogens is 248 g/mol. The molecule has 1 unspecified atom stereocenters. The minimum Gasteiger partial charge on any atom is -0.379 e. The third kappa shape index (κ3) is 4.25. The van der Waals surface area contributed by atoms with Crippen molar-refractivity contribution in [2.75, 3.05) is 7.11 Å². The van der Waals surface area contributed by atoms with E-state index in [9.17, 15) is 0 Å². The zero-order valence-electron chi connectivity index (χ0n) is 11.6. The molecule has 3 nitrogen and oxygen atoms in total. The second kappa shape index (κ2) is 6.53. The Bertz CT molecular complexity index is 393. The lowest BCUT2D eigenvalue weighted by atomic mass is 9.93. The summed E-state index contributed by atoms with van der Waals surface area (Å²) in [6.07, 6.45) is 1.85. The van der Waals surface area contributed by atoms with E-state index in [-0.39, 0.29) is 11.6 Å². The lowest BCUT2D eigenvalue weighted by Crippen LogP contribution is -2.31. The molecule has 0 saturated heterocycles. The molecule has 3 N–H and O–H groups in total. The molecule has 102 valence electrons. The maximum absolute atomic E-state index is 5.97. The number of halogens is 1. The van der Waals surface area contributed by atoms with Gasteiger partial charge in [0.05, 0.1) is 5.60 Å². The van der Waals surface area contributed by atoms with Crippen LogP contribution in [-0.4, -0.2) is 12.7 Å². The van der Waals surface area contributed by atoms with Gasteiger partial charge in [0, 0.05) is 18.2 Å². The quantitative estimate of drug-likeness (QED) is 0.616. The van der Waals surface area contributed by atoms with E-state index in [1.165, 1.54) is 5.56 Å². The average molecular weight is 271 g/mol. The van der Waals surface area contributed by atoms with Crippen molar-refractivity contribution in [3.8, 4) is 0 Å². The highest BCUT2D eigenvalue weighted by molar-refractivity contribution is 6.30. The molecule has 1 aromatic rings. The van der Waals surface area contributed by atoms with Gasteiger partial charge in [-0.1, -0.05) is 17.7 Å². The van der Waals surface area contributed by atoms with E-state index in [1.807, 2.05) is 25.1 Å². The Labute approximate surface area is 115 Å². The molecule has 0 fully saturated rings. The molecule has 0 spiro atoms. The third-order valence-corrected chi connectivity index (χ3v) is 3.63. The summed E-state index contributed by atoms with van der Waals surface area (Å²) in [5, 5.41) is 0.754. The normalized spacial score (nSPS) is 13.7. The van der Waals surface area contributed by atoms with Crippen LogP contribution in [0.25, 0.3) is 0 Å². The van der Waals surface area contributed by atoms with E-state index < -0.39 is 0 Å². The second-order valence-corrected chi connectivity index (χ2v) is 5.66. The van der Waals surface area contributed by atoms with Crippen molar-refractivity contribution in [3.05, 3.63) is 34.3 Å². The molecule has 0 aromatic heterocycles. The van der Waals surface area contributed by atoms with Crippen LogP contribution < -0.4 is 11.3 Å². The largest absolute Gasteiger partial charge is 0.379 e. The Morgan fingerprint density at radius 2 is 2.11 bits per heavy atom. The number of benzene rings is 1. The molecular formula is C14H23ClN2O. The van der Waals surface area contributed by atoms with Gasteiger partial charge in [0.2, 0.25) is 0 Å². The van der Waals surface area contributed by atoms with Gasteiger partial charge >= 0.3 is 0 Å². The van der Waals surface area contributed by atoms with Crippen LogP contribution in [0, 0.1) is 6.92 Å². The molecule has 1 rings (SSSR count). The predicted octanol–water partition coefficient (Wildman–Crippen LogP) is 3.36. The van der Waals surface area contributed by atoms with Gasteiger partial charge in [-0.25, -0.2) is 0 Å². The van der Waals surface area contributed by atoms with Crippen molar-refractivity contribution in [3.63, 3.8) is 0 Å². The standard InChI is InChI=1S/C14H23ClN2O/c1-10-9-11(15)5-6-12(10)13(17-16)7-8-14(2,3)18-4/h5-6,9,13,17H,7-8,16H2,1-4H3. The Kier molecular flexibility index (Phi) is 5.60. The second-order valence-electron chi connectivity index (χ2n) is 5.22. The summed E-state index contributed by atoms with van der Waals surface area (Å²) >= 11 is 5.97. The minimum atomic E-state index is -0.130. The molecule has 0 bridgehead atoms. The van der Waals surface area contributed by atoms with E-state index >= 15 is 0 Å². The molecule has 0 aliphatic carbocycles. The fourth-order valence-electron chi connectivity index (χ4n) is 1.95. The van der Waals surface area contributed by atoms with E-state index in [1.54, 1.807) is 7.11 Å². The summed E-state index contributed by atoms with van der Waals surface area (Å²) in [4.78, 5) is 0. The Balaban J connectivity index is 2.77. The first-order valence-corrected chi connectivity index (χ1v) is 6.55. The highest BCUT2D eigenvalue weighted by Gasteiger charge is 2.20. The number of hydrogen-bond acceptors (Lipinski definition) is 3. The highest BCUT2D eigenvalue weighted by Crippen LogP contribution is 2.27. The minimum absolute atomic E-state index is 0.122. The maximum atomic E-state index is 5.97. The first-order chi connectivity index (χ1) is 8.39. The first-order valence-electron chi connectivity index (χ1n) is 6.17. The highest BCUT2D eigenvalue weighted by atomic mass is 35.5. The average Bonchev–Trinajstić information content (AvgIpc) is 2.32. The van der Waals surface area contributed by atoms with Crippen molar-refractivity contribution in [2.24, 2.45) is 5.84 Å². The number of nitrogens with one attached hydrogen (secondary N) is 1. The van der Waals surface area contributed by atoms with Crippen LogP contribution in [0.3, 0.4) is 0 Å². The third-order valence-electron chi connectivity index (χ3n) is 3.40. The summed E-state index contributed by atoms with van der Waals surface area (Å²) in [5.41, 5.74) is 5.09. The fourth-order valence-corrected chi connectivity index (χ4v) is 2.18. The van der Waals surface area contributed by atoms with Crippen LogP contribution >= 0.6 is 11.6 Å². The summed E-state index contributed by atoms with van der Waals surface area (Å²) in [6, 6.07) is 6.01. The number of hydrogen-bond donors (Lipinski definition) is 2. The number of ether oxygens (including phenoxy) is 1. The van der Waals surface area contributed by atoms with Gasteiger partial charge in [-0.2, -0.15) is 0 Å². The van der Waals surface area contributed by atoms with Crippen molar-refractivity contribution in [2.45, 2.75) is 45.3 Å². The smallest absolute Gasteiger partial charge is 0.0623 e. The number of hydrazine groups is 1. The Morgan fingerprint density at radius 3 is 2.61 bits per heavy atom. The molecule has 18 heavy (non-hydrogen) atoms.